The van der Waals surface area contributed by atoms with Crippen molar-refractivity contribution >= 4 is 21.8 Å². The molecule has 2 amide bonds. The van der Waals surface area contributed by atoms with Crippen molar-refractivity contribution in [1.29, 1.82) is 0 Å². The first kappa shape index (κ1) is 30.2. The third-order valence-corrected chi connectivity index (χ3v) is 8.73. The topological polar surface area (TPSA) is 105 Å². The van der Waals surface area contributed by atoms with Gasteiger partial charge in [0, 0.05) is 26.2 Å². The largest absolute Gasteiger partial charge is 0.484 e. The Balaban J connectivity index is 1.53. The van der Waals surface area contributed by atoms with Crippen LogP contribution in [0.5, 0.6) is 5.75 Å². The van der Waals surface area contributed by atoms with E-state index in [1.165, 1.54) is 33.5 Å². The van der Waals surface area contributed by atoms with Crippen molar-refractivity contribution in [3.63, 3.8) is 0 Å². The molecule has 0 spiro atoms. The number of unbranched alkanes of at least 4 members (excludes halogenated alkanes) is 1. The molecule has 0 unspecified atom stereocenters. The van der Waals surface area contributed by atoms with Crippen molar-refractivity contribution in [1.82, 2.24) is 14.5 Å². The van der Waals surface area contributed by atoms with Gasteiger partial charge in [-0.1, -0.05) is 74.0 Å². The number of rotatable bonds is 13. The molecule has 218 valence electrons. The Labute approximate surface area is 242 Å². The fourth-order valence-corrected chi connectivity index (χ4v) is 5.98. The number of amides is 2. The van der Waals surface area contributed by atoms with Gasteiger partial charge in [0.05, 0.1) is 18.1 Å². The van der Waals surface area contributed by atoms with E-state index in [9.17, 15) is 18.0 Å². The summed E-state index contributed by atoms with van der Waals surface area (Å²) in [6.07, 6.45) is 1.77. The lowest BCUT2D eigenvalue weighted by atomic mass is 10.0. The number of hydrogen-bond donors (Lipinski definition) is 1. The van der Waals surface area contributed by atoms with E-state index in [1.54, 1.807) is 0 Å². The van der Waals surface area contributed by atoms with Crippen LogP contribution in [0.15, 0.2) is 89.8 Å². The van der Waals surface area contributed by atoms with Crippen molar-refractivity contribution in [2.75, 3.05) is 39.5 Å². The molecule has 41 heavy (non-hydrogen) atoms. The summed E-state index contributed by atoms with van der Waals surface area (Å²) in [6.45, 7) is 3.79. The standard InChI is InChI=1S/C31H37N3O6S/c1-2-3-18-32-31(36)30(26-12-8-5-9-13-26)34(23-25-10-6-4-7-11-25)29(35)24-40-27-14-16-28(17-15-27)41(37,38)33-19-21-39-22-20-33/h4-17,30H,2-3,18-24H2,1H3,(H,32,36)/t30-/m0/s1. The zero-order valence-corrected chi connectivity index (χ0v) is 24.1. The summed E-state index contributed by atoms with van der Waals surface area (Å²) in [5.74, 6) is -0.285. The molecule has 3 aromatic rings. The molecule has 1 atom stereocenters. The Kier molecular flexibility index (Phi) is 10.9. The number of nitrogens with one attached hydrogen (secondary N) is 1. The molecule has 1 N–H and O–H groups in total. The number of nitrogens with zero attached hydrogens (tertiary/aromatic N) is 2. The van der Waals surface area contributed by atoms with Crippen LogP contribution < -0.4 is 10.1 Å². The zero-order chi connectivity index (χ0) is 29.1. The van der Waals surface area contributed by atoms with Crippen LogP contribution in [-0.4, -0.2) is 68.9 Å². The Morgan fingerprint density at radius 1 is 0.951 bits per heavy atom. The third-order valence-electron chi connectivity index (χ3n) is 6.81. The smallest absolute Gasteiger partial charge is 0.261 e. The van der Waals surface area contributed by atoms with Crippen LogP contribution in [0.2, 0.25) is 0 Å². The number of morpholine rings is 1. The van der Waals surface area contributed by atoms with E-state index in [0.29, 0.717) is 44.2 Å². The fraction of sp³-hybridized carbons (Fsp3) is 0.355. The molecule has 1 fully saturated rings. The number of ether oxygens (including phenoxy) is 2. The fourth-order valence-electron chi connectivity index (χ4n) is 4.57. The van der Waals surface area contributed by atoms with Gasteiger partial charge in [0.15, 0.2) is 6.61 Å². The van der Waals surface area contributed by atoms with Gasteiger partial charge in [0.1, 0.15) is 11.8 Å². The van der Waals surface area contributed by atoms with Crippen molar-refractivity contribution in [2.45, 2.75) is 37.2 Å². The maximum atomic E-state index is 13.7. The molecule has 10 heteroatoms. The summed E-state index contributed by atoms with van der Waals surface area (Å²) in [5, 5.41) is 2.98. The summed E-state index contributed by atoms with van der Waals surface area (Å²) in [4.78, 5) is 28.9. The van der Waals surface area contributed by atoms with Gasteiger partial charge >= 0.3 is 0 Å². The second-order valence-electron chi connectivity index (χ2n) is 9.74. The van der Waals surface area contributed by atoms with E-state index < -0.39 is 16.1 Å². The lowest BCUT2D eigenvalue weighted by Crippen LogP contribution is -2.45. The molecule has 4 rings (SSSR count). The van der Waals surface area contributed by atoms with Crippen LogP contribution in [0.4, 0.5) is 0 Å². The first-order valence-electron chi connectivity index (χ1n) is 13.9. The molecule has 0 bridgehead atoms. The van der Waals surface area contributed by atoms with Crippen LogP contribution in [0.25, 0.3) is 0 Å². The summed E-state index contributed by atoms with van der Waals surface area (Å²) >= 11 is 0. The van der Waals surface area contributed by atoms with Crippen LogP contribution in [0.3, 0.4) is 0 Å². The van der Waals surface area contributed by atoms with E-state index in [2.05, 4.69) is 5.32 Å². The lowest BCUT2D eigenvalue weighted by Gasteiger charge is -2.31. The van der Waals surface area contributed by atoms with Gasteiger partial charge in [-0.3, -0.25) is 9.59 Å². The highest BCUT2D eigenvalue weighted by Gasteiger charge is 2.32. The normalized spacial score (nSPS) is 14.7. The Morgan fingerprint density at radius 2 is 1.59 bits per heavy atom. The molecule has 1 aliphatic heterocycles. The average Bonchev–Trinajstić information content (AvgIpc) is 3.01. The molecular formula is C31H37N3O6S. The summed E-state index contributed by atoms with van der Waals surface area (Å²) in [6, 6.07) is 23.9. The molecule has 9 nitrogen and oxygen atoms in total. The Hall–Kier alpha value is -3.73. The van der Waals surface area contributed by atoms with E-state index in [-0.39, 0.29) is 29.9 Å². The van der Waals surface area contributed by atoms with Gasteiger partial charge in [-0.2, -0.15) is 4.31 Å². The summed E-state index contributed by atoms with van der Waals surface area (Å²) in [5.41, 5.74) is 1.57. The average molecular weight is 580 g/mol. The molecule has 1 heterocycles. The molecule has 0 radical (unpaired) electrons. The van der Waals surface area contributed by atoms with E-state index in [4.69, 9.17) is 9.47 Å². The highest BCUT2D eigenvalue weighted by Crippen LogP contribution is 2.25. The Bertz CT molecular complexity index is 1360. The van der Waals surface area contributed by atoms with Crippen LogP contribution in [-0.2, 0) is 30.9 Å². The van der Waals surface area contributed by atoms with Gasteiger partial charge in [-0.25, -0.2) is 8.42 Å². The Morgan fingerprint density at radius 3 is 2.22 bits per heavy atom. The molecular weight excluding hydrogens is 542 g/mol. The first-order chi connectivity index (χ1) is 19.9. The van der Waals surface area contributed by atoms with Gasteiger partial charge in [-0.15, -0.1) is 0 Å². The summed E-state index contributed by atoms with van der Waals surface area (Å²) in [7, 11) is -3.64. The van der Waals surface area contributed by atoms with Crippen LogP contribution in [0, 0.1) is 0 Å². The maximum absolute atomic E-state index is 13.7. The van der Waals surface area contributed by atoms with E-state index in [0.717, 1.165) is 18.4 Å². The minimum absolute atomic E-state index is 0.150. The van der Waals surface area contributed by atoms with Gasteiger partial charge in [0.25, 0.3) is 5.91 Å². The third kappa shape index (κ3) is 8.16. The van der Waals surface area contributed by atoms with Crippen molar-refractivity contribution in [3.8, 4) is 5.75 Å². The quantitative estimate of drug-likeness (QED) is 0.309. The first-order valence-corrected chi connectivity index (χ1v) is 15.3. The second-order valence-corrected chi connectivity index (χ2v) is 11.7. The maximum Gasteiger partial charge on any atom is 0.261 e. The highest BCUT2D eigenvalue weighted by molar-refractivity contribution is 7.89. The number of hydrogen-bond acceptors (Lipinski definition) is 6. The molecule has 0 aromatic heterocycles. The predicted octanol–water partition coefficient (Wildman–Crippen LogP) is 3.77. The van der Waals surface area contributed by atoms with Gasteiger partial charge < -0.3 is 19.7 Å². The predicted molar refractivity (Wildman–Crippen MR) is 156 cm³/mol. The van der Waals surface area contributed by atoms with Crippen LogP contribution >= 0.6 is 0 Å². The van der Waals surface area contributed by atoms with Gasteiger partial charge in [-0.05, 0) is 41.8 Å². The number of sulfonamides is 1. The highest BCUT2D eigenvalue weighted by atomic mass is 32.2. The zero-order valence-electron chi connectivity index (χ0n) is 23.3. The van der Waals surface area contributed by atoms with E-state index >= 15 is 0 Å². The monoisotopic (exact) mass is 579 g/mol. The van der Waals surface area contributed by atoms with Crippen molar-refractivity contribution < 1.29 is 27.5 Å². The minimum atomic E-state index is -3.64. The molecule has 0 saturated carbocycles. The second kappa shape index (κ2) is 14.8. The lowest BCUT2D eigenvalue weighted by molar-refractivity contribution is -0.143. The number of carbonyl (C=O) groups excluding carboxylic acids is 2. The number of benzene rings is 3. The minimum Gasteiger partial charge on any atom is -0.484 e. The van der Waals surface area contributed by atoms with Crippen LogP contribution in [0.1, 0.15) is 36.9 Å². The summed E-state index contributed by atoms with van der Waals surface area (Å²) < 4.78 is 38.3. The van der Waals surface area contributed by atoms with Crippen molar-refractivity contribution in [2.24, 2.45) is 0 Å². The van der Waals surface area contributed by atoms with Crippen molar-refractivity contribution in [3.05, 3.63) is 96.1 Å². The molecule has 3 aromatic carbocycles. The molecule has 1 aliphatic rings. The molecule has 1 saturated heterocycles. The number of carbonyl (C=O) groups is 2. The molecule has 0 aliphatic carbocycles. The SMILES string of the molecule is CCCCNC(=O)[C@H](c1ccccc1)N(Cc1ccccc1)C(=O)COc1ccc(S(=O)(=O)N2CCOCC2)cc1. The van der Waals surface area contributed by atoms with E-state index in [1.807, 2.05) is 67.6 Å². The van der Waals surface area contributed by atoms with Gasteiger partial charge in [0.2, 0.25) is 15.9 Å².